The summed E-state index contributed by atoms with van der Waals surface area (Å²) in [5.74, 6) is 1.08. The van der Waals surface area contributed by atoms with Crippen LogP contribution in [0.1, 0.15) is 54.9 Å². The smallest absolute Gasteiger partial charge is 0.272 e. The lowest BCUT2D eigenvalue weighted by Crippen LogP contribution is -2.51. The number of carbonyl (C=O) groups excluding carboxylic acids is 2. The Balaban J connectivity index is 1.54. The Kier molecular flexibility index (Phi) is 9.33. The predicted molar refractivity (Wildman–Crippen MR) is 154 cm³/mol. The first-order chi connectivity index (χ1) is 18.6. The molecule has 1 aliphatic rings. The number of rotatable bonds is 10. The summed E-state index contributed by atoms with van der Waals surface area (Å²) >= 11 is 6.18. The molecule has 1 saturated heterocycles. The first kappa shape index (κ1) is 28.7. The van der Waals surface area contributed by atoms with Gasteiger partial charge in [0.05, 0.1) is 12.3 Å². The Bertz CT molecular complexity index is 1280. The van der Waals surface area contributed by atoms with Gasteiger partial charge in [0.2, 0.25) is 5.91 Å². The molecule has 0 saturated carbocycles. The Hall–Kier alpha value is -3.32. The van der Waals surface area contributed by atoms with Gasteiger partial charge in [0.15, 0.2) is 0 Å². The normalized spacial score (nSPS) is 17.3. The van der Waals surface area contributed by atoms with E-state index in [1.807, 2.05) is 67.5 Å². The summed E-state index contributed by atoms with van der Waals surface area (Å²) in [4.78, 5) is 30.9. The van der Waals surface area contributed by atoms with E-state index in [0.717, 1.165) is 30.5 Å². The monoisotopic (exact) mass is 550 g/mol. The number of hydrogen-bond acceptors (Lipinski definition) is 4. The van der Waals surface area contributed by atoms with Gasteiger partial charge in [-0.15, -0.1) is 0 Å². The molecule has 39 heavy (non-hydrogen) atoms. The maximum Gasteiger partial charge on any atom is 0.272 e. The molecule has 1 atom stereocenters. The van der Waals surface area contributed by atoms with Crippen LogP contribution in [0.25, 0.3) is 0 Å². The highest BCUT2D eigenvalue weighted by atomic mass is 35.5. The summed E-state index contributed by atoms with van der Waals surface area (Å²) in [5.41, 5.74) is 2.04. The number of aryl methyl sites for hydroxylation is 1. The van der Waals surface area contributed by atoms with E-state index in [2.05, 4.69) is 18.9 Å². The highest BCUT2D eigenvalue weighted by molar-refractivity contribution is 6.30. The summed E-state index contributed by atoms with van der Waals surface area (Å²) in [6.07, 6.45) is 2.68. The van der Waals surface area contributed by atoms with Gasteiger partial charge < -0.3 is 14.5 Å². The van der Waals surface area contributed by atoms with Gasteiger partial charge >= 0.3 is 0 Å². The fourth-order valence-electron chi connectivity index (χ4n) is 5.30. The van der Waals surface area contributed by atoms with Crippen molar-refractivity contribution in [2.45, 2.75) is 46.1 Å². The molecule has 3 aromatic rings. The second kappa shape index (κ2) is 12.7. The molecule has 2 amide bonds. The van der Waals surface area contributed by atoms with Crippen molar-refractivity contribution in [1.29, 1.82) is 0 Å². The summed E-state index contributed by atoms with van der Waals surface area (Å²) in [6.45, 7) is 6.19. The van der Waals surface area contributed by atoms with Gasteiger partial charge in [-0.3, -0.25) is 14.3 Å². The Morgan fingerprint density at radius 3 is 2.62 bits per heavy atom. The molecule has 0 radical (unpaired) electrons. The van der Waals surface area contributed by atoms with Crippen molar-refractivity contribution in [3.63, 3.8) is 0 Å². The van der Waals surface area contributed by atoms with Gasteiger partial charge in [0, 0.05) is 50.6 Å². The zero-order valence-electron chi connectivity index (χ0n) is 23.4. The standard InChI is InChI=1S/C31H39ClN4O3/c1-23(2)16-26-18-28(35(4)33-26)30(38)36-15-9-14-31(21-36,22-39-27-13-8-12-25(32)17-27)19-29(37)34(3)20-24-10-6-5-7-11-24/h5-8,10-13,17-18,23H,9,14-16,19-22H2,1-4H3/t31-/m1/s1. The summed E-state index contributed by atoms with van der Waals surface area (Å²) in [6, 6.07) is 19.1. The summed E-state index contributed by atoms with van der Waals surface area (Å²) in [5, 5.41) is 5.16. The van der Waals surface area contributed by atoms with E-state index < -0.39 is 5.41 Å². The van der Waals surface area contributed by atoms with Crippen molar-refractivity contribution < 1.29 is 14.3 Å². The maximum absolute atomic E-state index is 13.7. The fourth-order valence-corrected chi connectivity index (χ4v) is 5.48. The molecule has 4 rings (SSSR count). The lowest BCUT2D eigenvalue weighted by molar-refractivity contribution is -0.134. The van der Waals surface area contributed by atoms with Crippen LogP contribution in [0, 0.1) is 11.3 Å². The van der Waals surface area contributed by atoms with E-state index >= 15 is 0 Å². The predicted octanol–water partition coefficient (Wildman–Crippen LogP) is 5.62. The number of benzene rings is 2. The number of ether oxygens (including phenoxy) is 1. The summed E-state index contributed by atoms with van der Waals surface area (Å²) in [7, 11) is 3.65. The molecular weight excluding hydrogens is 512 g/mol. The molecule has 2 heterocycles. The molecule has 1 fully saturated rings. The number of nitrogens with zero attached hydrogens (tertiary/aromatic N) is 4. The van der Waals surface area contributed by atoms with Crippen LogP contribution in [0.3, 0.4) is 0 Å². The second-order valence-corrected chi connectivity index (χ2v) is 11.7. The van der Waals surface area contributed by atoms with E-state index in [4.69, 9.17) is 16.3 Å². The lowest BCUT2D eigenvalue weighted by Gasteiger charge is -2.42. The van der Waals surface area contributed by atoms with Crippen molar-refractivity contribution in [3.8, 4) is 5.75 Å². The third kappa shape index (κ3) is 7.63. The lowest BCUT2D eigenvalue weighted by atomic mass is 9.77. The van der Waals surface area contributed by atoms with E-state index in [9.17, 15) is 9.59 Å². The maximum atomic E-state index is 13.7. The van der Waals surface area contributed by atoms with E-state index in [1.54, 1.807) is 21.7 Å². The van der Waals surface area contributed by atoms with E-state index in [-0.39, 0.29) is 18.2 Å². The van der Waals surface area contributed by atoms with Crippen LogP contribution in [0.2, 0.25) is 5.02 Å². The number of carbonyl (C=O) groups is 2. The van der Waals surface area contributed by atoms with Crippen molar-refractivity contribution in [3.05, 3.63) is 82.6 Å². The van der Waals surface area contributed by atoms with Crippen molar-refractivity contribution in [2.24, 2.45) is 18.4 Å². The molecule has 0 aliphatic carbocycles. The van der Waals surface area contributed by atoms with Crippen LogP contribution in [0.15, 0.2) is 60.7 Å². The van der Waals surface area contributed by atoms with Crippen LogP contribution in [0.5, 0.6) is 5.75 Å². The molecular formula is C31H39ClN4O3. The topological polar surface area (TPSA) is 67.7 Å². The minimum Gasteiger partial charge on any atom is -0.493 e. The van der Waals surface area contributed by atoms with Crippen molar-refractivity contribution >= 4 is 23.4 Å². The van der Waals surface area contributed by atoms with Crippen LogP contribution in [0.4, 0.5) is 0 Å². The van der Waals surface area contributed by atoms with Crippen LogP contribution in [-0.4, -0.2) is 58.1 Å². The van der Waals surface area contributed by atoms with E-state index in [0.29, 0.717) is 48.6 Å². The van der Waals surface area contributed by atoms with Gasteiger partial charge in [-0.2, -0.15) is 5.10 Å². The van der Waals surface area contributed by atoms with Gasteiger partial charge in [-0.1, -0.05) is 61.8 Å². The molecule has 0 spiro atoms. The van der Waals surface area contributed by atoms with Crippen LogP contribution < -0.4 is 4.74 Å². The van der Waals surface area contributed by atoms with Gasteiger partial charge in [-0.05, 0) is 55.0 Å². The highest BCUT2D eigenvalue weighted by Gasteiger charge is 2.41. The van der Waals surface area contributed by atoms with Gasteiger partial charge in [0.25, 0.3) is 5.91 Å². The first-order valence-corrected chi connectivity index (χ1v) is 14.0. The van der Waals surface area contributed by atoms with Gasteiger partial charge in [-0.25, -0.2) is 0 Å². The molecule has 1 aliphatic heterocycles. The second-order valence-electron chi connectivity index (χ2n) is 11.2. The number of hydrogen-bond donors (Lipinski definition) is 0. The molecule has 0 unspecified atom stereocenters. The molecule has 2 aromatic carbocycles. The SMILES string of the molecule is CC(C)Cc1cc(C(=O)N2CCC[C@@](COc3cccc(Cl)c3)(CC(=O)N(C)Cc3ccccc3)C2)n(C)n1. The quantitative estimate of drug-likeness (QED) is 0.328. The molecule has 7 nitrogen and oxygen atoms in total. The zero-order chi connectivity index (χ0) is 28.0. The minimum atomic E-state index is -0.530. The Morgan fingerprint density at radius 1 is 1.13 bits per heavy atom. The van der Waals surface area contributed by atoms with Crippen LogP contribution in [-0.2, 0) is 24.8 Å². The first-order valence-electron chi connectivity index (χ1n) is 13.6. The average molecular weight is 551 g/mol. The van der Waals surface area contributed by atoms with Crippen molar-refractivity contribution in [1.82, 2.24) is 19.6 Å². The average Bonchev–Trinajstić information content (AvgIpc) is 3.26. The Labute approximate surface area is 236 Å². The number of halogens is 1. The molecule has 0 bridgehead atoms. The fraction of sp³-hybridized carbons (Fsp3) is 0.452. The number of aromatic nitrogens is 2. The summed E-state index contributed by atoms with van der Waals surface area (Å²) < 4.78 is 7.90. The number of likely N-dealkylation sites (tertiary alicyclic amines) is 1. The number of amides is 2. The zero-order valence-corrected chi connectivity index (χ0v) is 24.2. The van der Waals surface area contributed by atoms with Crippen molar-refractivity contribution in [2.75, 3.05) is 26.7 Å². The molecule has 8 heteroatoms. The third-order valence-corrected chi connectivity index (χ3v) is 7.51. The van der Waals surface area contributed by atoms with Crippen LogP contribution >= 0.6 is 11.6 Å². The minimum absolute atomic E-state index is 0.0302. The van der Waals surface area contributed by atoms with E-state index in [1.165, 1.54) is 0 Å². The highest BCUT2D eigenvalue weighted by Crippen LogP contribution is 2.36. The Morgan fingerprint density at radius 2 is 1.90 bits per heavy atom. The third-order valence-electron chi connectivity index (χ3n) is 7.27. The number of piperidine rings is 1. The van der Waals surface area contributed by atoms with Gasteiger partial charge in [0.1, 0.15) is 11.4 Å². The molecule has 0 N–H and O–H groups in total. The molecule has 208 valence electrons. The molecule has 1 aromatic heterocycles. The largest absolute Gasteiger partial charge is 0.493 e.